The summed E-state index contributed by atoms with van der Waals surface area (Å²) >= 11 is 9.06. The summed E-state index contributed by atoms with van der Waals surface area (Å²) in [5.41, 5.74) is 4.20. The number of rotatable bonds is 9. The van der Waals surface area contributed by atoms with Gasteiger partial charge in [-0.25, -0.2) is 0 Å². The minimum Gasteiger partial charge on any atom is -0.493 e. The fourth-order valence-corrected chi connectivity index (χ4v) is 5.87. The number of methoxy groups -OCH3 is 1. The number of benzene rings is 3. The summed E-state index contributed by atoms with van der Waals surface area (Å²) in [7, 11) is 1.62. The van der Waals surface area contributed by atoms with Crippen LogP contribution < -0.4 is 19.5 Å². The van der Waals surface area contributed by atoms with Crippen LogP contribution in [0.15, 0.2) is 74.8 Å². The highest BCUT2D eigenvalue weighted by molar-refractivity contribution is 9.13. The van der Waals surface area contributed by atoms with Crippen LogP contribution in [0.5, 0.6) is 17.4 Å². The van der Waals surface area contributed by atoms with E-state index in [1.807, 2.05) is 60.7 Å². The standard InChI is InChI=1S/C28H26Br2N4O3S/c1-3-4-14-38-28-32-27-24(33-34-28)18-12-8-9-13-20(18)31-26(37-27)19-15-21(35-2)25(23(30)22(19)29)36-16-17-10-6-5-7-11-17/h5-13,15,26,31H,3-4,14,16H2,1-2H3. The number of aromatic nitrogens is 3. The molecule has 196 valence electrons. The molecule has 0 bridgehead atoms. The molecule has 1 N–H and O–H groups in total. The van der Waals surface area contributed by atoms with Gasteiger partial charge in [0.2, 0.25) is 11.0 Å². The Balaban J connectivity index is 1.51. The van der Waals surface area contributed by atoms with Crippen LogP contribution in [0.1, 0.15) is 37.1 Å². The normalized spacial score (nSPS) is 13.9. The first-order chi connectivity index (χ1) is 18.6. The largest absolute Gasteiger partial charge is 0.493 e. The van der Waals surface area contributed by atoms with E-state index in [1.165, 1.54) is 0 Å². The van der Waals surface area contributed by atoms with Crippen LogP contribution in [0, 0.1) is 0 Å². The predicted molar refractivity (Wildman–Crippen MR) is 157 cm³/mol. The van der Waals surface area contributed by atoms with E-state index in [-0.39, 0.29) is 0 Å². The number of fused-ring (bicyclic) bond motifs is 3. The molecule has 2 heterocycles. The number of thioether (sulfide) groups is 1. The van der Waals surface area contributed by atoms with Gasteiger partial charge in [0.1, 0.15) is 6.61 Å². The van der Waals surface area contributed by atoms with Gasteiger partial charge in [-0.05, 0) is 56.0 Å². The maximum Gasteiger partial charge on any atom is 0.247 e. The summed E-state index contributed by atoms with van der Waals surface area (Å²) in [5, 5.41) is 13.0. The van der Waals surface area contributed by atoms with Gasteiger partial charge in [0, 0.05) is 27.0 Å². The summed E-state index contributed by atoms with van der Waals surface area (Å²) in [6.45, 7) is 2.57. The van der Waals surface area contributed by atoms with Crippen molar-refractivity contribution in [2.45, 2.75) is 37.8 Å². The Morgan fingerprint density at radius 2 is 1.82 bits per heavy atom. The molecule has 1 aliphatic rings. The highest BCUT2D eigenvalue weighted by Gasteiger charge is 2.30. The zero-order chi connectivity index (χ0) is 26.5. The lowest BCUT2D eigenvalue weighted by atomic mass is 10.1. The van der Waals surface area contributed by atoms with E-state index < -0.39 is 6.23 Å². The Labute approximate surface area is 243 Å². The predicted octanol–water partition coefficient (Wildman–Crippen LogP) is 8.05. The average Bonchev–Trinajstić information content (AvgIpc) is 3.11. The molecule has 1 aliphatic heterocycles. The fraction of sp³-hybridized carbons (Fsp3) is 0.250. The molecular formula is C28H26Br2N4O3S. The molecule has 38 heavy (non-hydrogen) atoms. The monoisotopic (exact) mass is 656 g/mol. The van der Waals surface area contributed by atoms with E-state index in [1.54, 1.807) is 18.9 Å². The Kier molecular flexibility index (Phi) is 8.71. The van der Waals surface area contributed by atoms with Crippen LogP contribution in [-0.4, -0.2) is 28.0 Å². The van der Waals surface area contributed by atoms with E-state index in [9.17, 15) is 0 Å². The van der Waals surface area contributed by atoms with Gasteiger partial charge < -0.3 is 19.5 Å². The van der Waals surface area contributed by atoms with Gasteiger partial charge in [0.05, 0.1) is 11.6 Å². The van der Waals surface area contributed by atoms with Crippen molar-refractivity contribution in [3.63, 3.8) is 0 Å². The summed E-state index contributed by atoms with van der Waals surface area (Å²) in [6.07, 6.45) is 1.60. The van der Waals surface area contributed by atoms with Crippen molar-refractivity contribution < 1.29 is 14.2 Å². The molecule has 1 unspecified atom stereocenters. The number of unbranched alkanes of at least 4 members (excludes halogenated alkanes) is 1. The number of halogens is 2. The number of hydrogen-bond donors (Lipinski definition) is 1. The van der Waals surface area contributed by atoms with Crippen molar-refractivity contribution in [1.29, 1.82) is 0 Å². The number of ether oxygens (including phenoxy) is 3. The maximum absolute atomic E-state index is 6.49. The third kappa shape index (κ3) is 5.77. The van der Waals surface area contributed by atoms with Crippen molar-refractivity contribution in [1.82, 2.24) is 15.2 Å². The molecule has 0 saturated heterocycles. The van der Waals surface area contributed by atoms with Gasteiger partial charge in [-0.3, -0.25) is 0 Å². The number of anilines is 1. The van der Waals surface area contributed by atoms with Crippen LogP contribution >= 0.6 is 43.6 Å². The molecule has 3 aromatic carbocycles. The molecule has 7 nitrogen and oxygen atoms in total. The van der Waals surface area contributed by atoms with Crippen LogP contribution in [0.2, 0.25) is 0 Å². The van der Waals surface area contributed by atoms with Gasteiger partial charge in [-0.15, -0.1) is 10.2 Å². The Morgan fingerprint density at radius 3 is 2.61 bits per heavy atom. The van der Waals surface area contributed by atoms with E-state index in [0.29, 0.717) is 34.8 Å². The number of nitrogens with one attached hydrogen (secondary N) is 1. The van der Waals surface area contributed by atoms with E-state index in [2.05, 4.69) is 54.3 Å². The zero-order valence-electron chi connectivity index (χ0n) is 20.9. The first kappa shape index (κ1) is 26.8. The number of nitrogens with zero attached hydrogens (tertiary/aromatic N) is 3. The van der Waals surface area contributed by atoms with E-state index in [4.69, 9.17) is 19.2 Å². The van der Waals surface area contributed by atoms with Crippen LogP contribution in [-0.2, 0) is 6.61 Å². The minimum absolute atomic E-state index is 0.404. The second kappa shape index (κ2) is 12.4. The highest BCUT2D eigenvalue weighted by atomic mass is 79.9. The summed E-state index contributed by atoms with van der Waals surface area (Å²) in [5.74, 6) is 2.52. The topological polar surface area (TPSA) is 78.4 Å². The first-order valence-electron chi connectivity index (χ1n) is 12.2. The molecule has 4 aromatic rings. The lowest BCUT2D eigenvalue weighted by molar-refractivity contribution is 0.223. The van der Waals surface area contributed by atoms with Crippen molar-refractivity contribution >= 4 is 49.3 Å². The maximum atomic E-state index is 6.49. The first-order valence-corrected chi connectivity index (χ1v) is 14.8. The average molecular weight is 658 g/mol. The van der Waals surface area contributed by atoms with Crippen molar-refractivity contribution in [3.8, 4) is 28.6 Å². The zero-order valence-corrected chi connectivity index (χ0v) is 24.9. The van der Waals surface area contributed by atoms with Gasteiger partial charge in [-0.1, -0.05) is 73.6 Å². The van der Waals surface area contributed by atoms with Crippen LogP contribution in [0.25, 0.3) is 11.3 Å². The SMILES string of the molecule is CCCCSc1nnc2c(n1)OC(c1cc(OC)c(OCc3ccccc3)c(Br)c1Br)Nc1ccccc1-2. The molecule has 0 fully saturated rings. The quantitative estimate of drug-likeness (QED) is 0.143. The molecule has 0 radical (unpaired) electrons. The summed E-state index contributed by atoms with van der Waals surface area (Å²) in [6, 6.07) is 19.8. The Hall–Kier alpha value is -2.82. The highest BCUT2D eigenvalue weighted by Crippen LogP contribution is 2.47. The second-order valence-corrected chi connectivity index (χ2v) is 11.2. The molecule has 0 spiro atoms. The lowest BCUT2D eigenvalue weighted by Gasteiger charge is -2.23. The van der Waals surface area contributed by atoms with Crippen LogP contribution in [0.3, 0.4) is 0 Å². The van der Waals surface area contributed by atoms with Gasteiger partial charge in [0.25, 0.3) is 0 Å². The smallest absolute Gasteiger partial charge is 0.247 e. The Morgan fingerprint density at radius 1 is 1.03 bits per heavy atom. The minimum atomic E-state index is -0.592. The molecule has 0 aliphatic carbocycles. The molecule has 5 rings (SSSR count). The van der Waals surface area contributed by atoms with Crippen molar-refractivity contribution in [2.75, 3.05) is 18.2 Å². The Bertz CT molecular complexity index is 1430. The molecule has 1 atom stereocenters. The molecule has 10 heteroatoms. The summed E-state index contributed by atoms with van der Waals surface area (Å²) in [4.78, 5) is 4.74. The van der Waals surface area contributed by atoms with Crippen molar-refractivity contribution in [3.05, 3.63) is 80.7 Å². The third-order valence-electron chi connectivity index (χ3n) is 5.95. The molecular weight excluding hydrogens is 632 g/mol. The van der Waals surface area contributed by atoms with E-state index >= 15 is 0 Å². The second-order valence-electron chi connectivity index (χ2n) is 8.54. The van der Waals surface area contributed by atoms with Crippen LogP contribution in [0.4, 0.5) is 5.69 Å². The molecule has 1 aromatic heterocycles. The fourth-order valence-electron chi connectivity index (χ4n) is 3.97. The van der Waals surface area contributed by atoms with Gasteiger partial charge in [-0.2, -0.15) is 4.98 Å². The van der Waals surface area contributed by atoms with Gasteiger partial charge >= 0.3 is 0 Å². The van der Waals surface area contributed by atoms with Crippen molar-refractivity contribution in [2.24, 2.45) is 0 Å². The van der Waals surface area contributed by atoms with E-state index in [0.717, 1.165) is 49.9 Å². The number of para-hydroxylation sites is 1. The molecule has 0 amide bonds. The lowest BCUT2D eigenvalue weighted by Crippen LogP contribution is -2.18. The van der Waals surface area contributed by atoms with Gasteiger partial charge in [0.15, 0.2) is 23.4 Å². The summed E-state index contributed by atoms with van der Waals surface area (Å²) < 4.78 is 19.9. The molecule has 0 saturated carbocycles. The third-order valence-corrected chi connectivity index (χ3v) is 9.01. The number of hydrogen-bond acceptors (Lipinski definition) is 8.